The molecule has 0 aliphatic carbocycles. The number of fused-ring (bicyclic) bond motifs is 1. The van der Waals surface area contributed by atoms with Gasteiger partial charge in [-0.25, -0.2) is 9.78 Å². The van der Waals surface area contributed by atoms with Crippen molar-refractivity contribution in [2.45, 2.75) is 44.8 Å². The lowest BCUT2D eigenvalue weighted by Gasteiger charge is -2.50. The van der Waals surface area contributed by atoms with E-state index in [4.69, 9.17) is 24.8 Å². The third-order valence-corrected chi connectivity index (χ3v) is 8.80. The smallest absolute Gasteiger partial charge is 0.418 e. The van der Waals surface area contributed by atoms with Crippen LogP contribution in [0.25, 0.3) is 10.9 Å². The molecule has 0 radical (unpaired) electrons. The molecule has 5 N–H and O–H groups in total. The Balaban J connectivity index is 1.27. The fourth-order valence-corrected chi connectivity index (χ4v) is 6.26. The highest BCUT2D eigenvalue weighted by Crippen LogP contribution is 2.40. The first-order chi connectivity index (χ1) is 21.7. The number of thiazole rings is 1. The van der Waals surface area contributed by atoms with Gasteiger partial charge in [-0.15, -0.1) is 15.6 Å². The van der Waals surface area contributed by atoms with Crippen LogP contribution in [0.1, 0.15) is 38.1 Å². The van der Waals surface area contributed by atoms with Gasteiger partial charge in [0.2, 0.25) is 0 Å². The highest BCUT2D eigenvalue weighted by Gasteiger charge is 2.57. The van der Waals surface area contributed by atoms with E-state index in [1.807, 2.05) is 12.1 Å². The number of ether oxygens (including phenoxy) is 1. The molecule has 1 aromatic carbocycles. The van der Waals surface area contributed by atoms with E-state index in [2.05, 4.69) is 19.7 Å². The van der Waals surface area contributed by atoms with Crippen molar-refractivity contribution in [3.8, 4) is 5.75 Å². The molecule has 2 aliphatic rings. The largest absolute Gasteiger partial charge is 0.489 e. The Morgan fingerprint density at radius 2 is 2.04 bits per heavy atom. The zero-order valence-corrected chi connectivity index (χ0v) is 26.4. The number of carbonyl (C=O) groups is 3. The van der Waals surface area contributed by atoms with Crippen molar-refractivity contribution >= 4 is 61.1 Å². The molecule has 246 valence electrons. The summed E-state index contributed by atoms with van der Waals surface area (Å²) in [5.74, 6) is -3.21. The number of hydrogen-bond acceptors (Lipinski definition) is 14. The topological polar surface area (TPSA) is 233 Å². The van der Waals surface area contributed by atoms with E-state index in [1.54, 1.807) is 18.2 Å². The van der Waals surface area contributed by atoms with E-state index in [-0.39, 0.29) is 10.8 Å². The predicted octanol–water partition coefficient (Wildman–Crippen LogP) is 1.61. The van der Waals surface area contributed by atoms with Crippen LogP contribution in [0, 0.1) is 11.8 Å². The molecule has 0 spiro atoms. The van der Waals surface area contributed by atoms with Crippen LogP contribution >= 0.6 is 11.3 Å². The molecule has 5 rings (SSSR count). The number of carbonyl (C=O) groups excluding carboxylic acids is 2. The van der Waals surface area contributed by atoms with Crippen molar-refractivity contribution in [3.05, 3.63) is 47.1 Å². The second kappa shape index (κ2) is 13.2. The average Bonchev–Trinajstić information content (AvgIpc) is 3.67. The number of pyridine rings is 1. The summed E-state index contributed by atoms with van der Waals surface area (Å²) in [4.78, 5) is 51.9. The average molecular weight is 677 g/mol. The lowest BCUT2D eigenvalue weighted by Crippen LogP contribution is -2.68. The number of Topliss-reactive ketones (excluding diaryl/α,β-unsaturated/α-hetero) is 1. The fourth-order valence-electron chi connectivity index (χ4n) is 5.25. The van der Waals surface area contributed by atoms with Crippen LogP contribution in [0.4, 0.5) is 5.13 Å². The van der Waals surface area contributed by atoms with E-state index in [9.17, 15) is 27.9 Å². The van der Waals surface area contributed by atoms with Gasteiger partial charge in [0.05, 0.1) is 17.0 Å². The van der Waals surface area contributed by atoms with Crippen LogP contribution in [0.15, 0.2) is 40.9 Å². The number of rotatable bonds is 14. The summed E-state index contributed by atoms with van der Waals surface area (Å²) >= 11 is 0.993. The SMILES string of the molecule is CC1(C)C(CC(=O)/C(=N\O[C@@H](COc2ccc3nc(C[C@H]4CCNC4)ccc3c2)C(=O)O)c2csc(N)n2)C(=O)N1OS(=O)(=O)O. The zero-order valence-electron chi connectivity index (χ0n) is 24.8. The molecular formula is C28H32N6O10S2. The van der Waals surface area contributed by atoms with E-state index >= 15 is 0 Å². The molecule has 16 nitrogen and oxygen atoms in total. The Labute approximate surface area is 267 Å². The quantitative estimate of drug-likeness (QED) is 0.0822. The monoisotopic (exact) mass is 676 g/mol. The molecule has 2 fully saturated rings. The van der Waals surface area contributed by atoms with Crippen LogP contribution < -0.4 is 15.8 Å². The molecule has 0 saturated carbocycles. The van der Waals surface area contributed by atoms with Crippen molar-refractivity contribution in [2.75, 3.05) is 25.4 Å². The van der Waals surface area contributed by atoms with Gasteiger partial charge in [-0.2, -0.15) is 13.5 Å². The first-order valence-corrected chi connectivity index (χ1v) is 16.4. The van der Waals surface area contributed by atoms with Gasteiger partial charge in [-0.05, 0) is 70.0 Å². The Bertz CT molecular complexity index is 1790. The van der Waals surface area contributed by atoms with Gasteiger partial charge < -0.3 is 25.7 Å². The molecule has 2 aromatic heterocycles. The molecule has 1 unspecified atom stereocenters. The maximum Gasteiger partial charge on any atom is 0.418 e. The normalized spacial score (nSPS) is 20.4. The first-order valence-electron chi connectivity index (χ1n) is 14.2. The summed E-state index contributed by atoms with van der Waals surface area (Å²) in [6.45, 7) is 4.38. The van der Waals surface area contributed by atoms with Gasteiger partial charge in [0, 0.05) is 22.9 Å². The maximum atomic E-state index is 13.3. The second-order valence-electron chi connectivity index (χ2n) is 11.4. The lowest BCUT2D eigenvalue weighted by atomic mass is 9.74. The number of aliphatic carboxylic acids is 1. The van der Waals surface area contributed by atoms with Crippen molar-refractivity contribution in [1.29, 1.82) is 0 Å². The number of carboxylic acid groups (broad SMARTS) is 1. The number of β-lactam (4-membered cyclic amide) rings is 1. The van der Waals surface area contributed by atoms with Gasteiger partial charge in [0.15, 0.2) is 16.6 Å². The predicted molar refractivity (Wildman–Crippen MR) is 164 cm³/mol. The van der Waals surface area contributed by atoms with Gasteiger partial charge in [0.1, 0.15) is 18.1 Å². The number of oxime groups is 1. The Kier molecular flexibility index (Phi) is 9.54. The Morgan fingerprint density at radius 3 is 2.67 bits per heavy atom. The summed E-state index contributed by atoms with van der Waals surface area (Å²) in [5.41, 5.74) is 5.76. The minimum atomic E-state index is -4.98. The summed E-state index contributed by atoms with van der Waals surface area (Å²) in [6.07, 6.45) is -0.138. The number of nitrogens with zero attached hydrogens (tertiary/aromatic N) is 4. The number of benzene rings is 1. The number of hydroxylamine groups is 2. The number of amides is 1. The molecule has 46 heavy (non-hydrogen) atoms. The summed E-state index contributed by atoms with van der Waals surface area (Å²) < 4.78 is 41.2. The number of hydrogen-bond donors (Lipinski definition) is 4. The molecule has 3 atom stereocenters. The number of nitrogen functional groups attached to an aromatic ring is 1. The number of anilines is 1. The number of ketones is 1. The maximum absolute atomic E-state index is 13.3. The first kappa shape index (κ1) is 33.1. The number of nitrogens with one attached hydrogen (secondary N) is 1. The fraction of sp³-hybridized carbons (Fsp3) is 0.429. The molecule has 2 aliphatic heterocycles. The van der Waals surface area contributed by atoms with E-state index < -0.39 is 64.4 Å². The van der Waals surface area contributed by atoms with Gasteiger partial charge in [-0.3, -0.25) is 19.1 Å². The molecule has 3 aromatic rings. The van der Waals surface area contributed by atoms with Crippen molar-refractivity contribution in [3.63, 3.8) is 0 Å². The van der Waals surface area contributed by atoms with Gasteiger partial charge >= 0.3 is 16.4 Å². The van der Waals surface area contributed by atoms with Crippen LogP contribution in [-0.4, -0.2) is 87.8 Å². The van der Waals surface area contributed by atoms with Crippen molar-refractivity contribution in [2.24, 2.45) is 17.0 Å². The molecule has 0 bridgehead atoms. The Hall–Kier alpha value is -4.23. The van der Waals surface area contributed by atoms with Crippen LogP contribution in [-0.2, 0) is 40.3 Å². The third kappa shape index (κ3) is 7.59. The molecule has 4 heterocycles. The van der Waals surface area contributed by atoms with Crippen molar-refractivity contribution in [1.82, 2.24) is 20.3 Å². The lowest BCUT2D eigenvalue weighted by molar-refractivity contribution is -0.228. The summed E-state index contributed by atoms with van der Waals surface area (Å²) in [6, 6.07) is 9.07. The number of nitrogens with two attached hydrogens (primary N) is 1. The van der Waals surface area contributed by atoms with Crippen molar-refractivity contribution < 1.29 is 46.3 Å². The minimum Gasteiger partial charge on any atom is -0.489 e. The molecule has 18 heteroatoms. The standard InChI is InChI=1S/C28H32N6O10S2/c1-28(2)19(25(36)34(28)44-46(39,40)41)11-22(35)24(21-14-45-27(29)32-21)33-43-23(26(37)38)13-42-18-5-6-20-16(10-18)3-4-17(31-20)9-15-7-8-30-12-15/h3-6,10,14-15,19,23,30H,7-9,11-13H2,1-2H3,(H2,29,32)(H,37,38)(H,39,40,41)/b33-24-/t15-,19?,23+/m1/s1. The minimum absolute atomic E-state index is 0.0150. The third-order valence-electron chi connectivity index (χ3n) is 7.79. The summed E-state index contributed by atoms with van der Waals surface area (Å²) in [5, 5.41) is 19.7. The molecular weight excluding hydrogens is 644 g/mol. The van der Waals surface area contributed by atoms with E-state index in [1.165, 1.54) is 19.2 Å². The highest BCUT2D eigenvalue weighted by molar-refractivity contribution is 7.80. The Morgan fingerprint density at radius 1 is 1.26 bits per heavy atom. The number of carboxylic acids is 1. The van der Waals surface area contributed by atoms with Crippen LogP contribution in [0.3, 0.4) is 0 Å². The highest BCUT2D eigenvalue weighted by atomic mass is 32.3. The molecule has 1 amide bonds. The summed E-state index contributed by atoms with van der Waals surface area (Å²) in [7, 11) is -4.98. The number of aromatic nitrogens is 2. The van der Waals surface area contributed by atoms with Gasteiger partial charge in [0.25, 0.3) is 12.0 Å². The second-order valence-corrected chi connectivity index (χ2v) is 13.3. The molecule has 2 saturated heterocycles. The van der Waals surface area contributed by atoms with E-state index in [0.717, 1.165) is 53.9 Å². The van der Waals surface area contributed by atoms with Gasteiger partial charge in [-0.1, -0.05) is 11.2 Å². The van der Waals surface area contributed by atoms with Crippen LogP contribution in [0.2, 0.25) is 0 Å². The zero-order chi connectivity index (χ0) is 33.2. The van der Waals surface area contributed by atoms with E-state index in [0.29, 0.717) is 16.7 Å². The van der Waals surface area contributed by atoms with Crippen LogP contribution in [0.5, 0.6) is 5.75 Å².